The van der Waals surface area contributed by atoms with Crippen molar-refractivity contribution < 1.29 is 9.53 Å². The lowest BCUT2D eigenvalue weighted by Crippen LogP contribution is -2.50. The van der Waals surface area contributed by atoms with E-state index < -0.39 is 5.60 Å². The zero-order valence-corrected chi connectivity index (χ0v) is 12.0. The molecule has 0 aromatic rings. The minimum atomic E-state index is -0.679. The fourth-order valence-corrected chi connectivity index (χ4v) is 2.99. The van der Waals surface area contributed by atoms with Gasteiger partial charge in [-0.2, -0.15) is 0 Å². The summed E-state index contributed by atoms with van der Waals surface area (Å²) in [6, 6.07) is 0. The molecule has 1 aliphatic rings. The highest BCUT2D eigenvalue weighted by Crippen LogP contribution is 2.63. The maximum atomic E-state index is 11.9. The molecule has 0 bridgehead atoms. The molecule has 1 rings (SSSR count). The highest BCUT2D eigenvalue weighted by atomic mass is 16.5. The number of Topliss-reactive ketones (excluding diaryl/α,β-unsaturated/α-hetero) is 1. The molecule has 16 heavy (non-hydrogen) atoms. The van der Waals surface area contributed by atoms with Gasteiger partial charge in [0, 0.05) is 10.8 Å². The van der Waals surface area contributed by atoms with E-state index in [9.17, 15) is 4.79 Å². The molecule has 94 valence electrons. The van der Waals surface area contributed by atoms with Gasteiger partial charge >= 0.3 is 0 Å². The molecule has 0 aromatic heterocycles. The van der Waals surface area contributed by atoms with Crippen LogP contribution in [0, 0.1) is 10.8 Å². The van der Waals surface area contributed by atoms with Crippen LogP contribution in [-0.4, -0.2) is 17.0 Å². The molecule has 2 unspecified atom stereocenters. The maximum Gasteiger partial charge on any atom is 0.161 e. The summed E-state index contributed by atoms with van der Waals surface area (Å²) in [4.78, 5) is 11.9. The Hall–Kier alpha value is -0.370. The lowest BCUT2D eigenvalue weighted by Gasteiger charge is -2.45. The van der Waals surface area contributed by atoms with Crippen LogP contribution in [0.15, 0.2) is 0 Å². The molecule has 1 aliphatic heterocycles. The van der Waals surface area contributed by atoms with Crippen molar-refractivity contribution in [3.05, 3.63) is 0 Å². The molecule has 0 N–H and O–H groups in total. The van der Waals surface area contributed by atoms with Crippen LogP contribution in [0.1, 0.15) is 61.8 Å². The highest BCUT2D eigenvalue weighted by molar-refractivity contribution is 5.86. The first kappa shape index (κ1) is 13.7. The van der Waals surface area contributed by atoms with E-state index in [-0.39, 0.29) is 22.2 Å². The number of ketones is 1. The number of rotatable bonds is 2. The number of ether oxygens (including phenoxy) is 1. The molecule has 0 spiro atoms. The second kappa shape index (κ2) is 3.32. The molecular weight excluding hydrogens is 200 g/mol. The van der Waals surface area contributed by atoms with Crippen molar-refractivity contribution in [3.8, 4) is 0 Å². The number of hydrogen-bond donors (Lipinski definition) is 0. The molecule has 0 amide bonds. The van der Waals surface area contributed by atoms with Gasteiger partial charge in [0.15, 0.2) is 5.78 Å². The largest absolute Gasteiger partial charge is 0.360 e. The van der Waals surface area contributed by atoms with Gasteiger partial charge in [0.1, 0.15) is 5.60 Å². The third-order valence-electron chi connectivity index (χ3n) is 5.85. The molecule has 2 nitrogen and oxygen atoms in total. The van der Waals surface area contributed by atoms with E-state index in [0.29, 0.717) is 0 Å². The van der Waals surface area contributed by atoms with Crippen molar-refractivity contribution in [2.24, 2.45) is 10.8 Å². The predicted octanol–water partition coefficient (Wildman–Crippen LogP) is 3.59. The molecule has 2 heteroatoms. The Kier molecular flexibility index (Phi) is 2.84. The molecule has 0 radical (unpaired) electrons. The lowest BCUT2D eigenvalue weighted by molar-refractivity contribution is -0.156. The average Bonchev–Trinajstić information content (AvgIpc) is 2.25. The molecular formula is C14H26O2. The van der Waals surface area contributed by atoms with Gasteiger partial charge in [-0.3, -0.25) is 4.79 Å². The van der Waals surface area contributed by atoms with Crippen LogP contribution in [0.3, 0.4) is 0 Å². The normalized spacial score (nSPS) is 41.0. The summed E-state index contributed by atoms with van der Waals surface area (Å²) in [6.45, 7) is 16.6. The van der Waals surface area contributed by atoms with E-state index in [1.807, 2.05) is 6.92 Å². The topological polar surface area (TPSA) is 26.3 Å². The van der Waals surface area contributed by atoms with Crippen LogP contribution < -0.4 is 0 Å². The van der Waals surface area contributed by atoms with E-state index in [1.54, 1.807) is 6.92 Å². The van der Waals surface area contributed by atoms with Crippen LogP contribution in [0.2, 0.25) is 0 Å². The summed E-state index contributed by atoms with van der Waals surface area (Å²) in [5, 5.41) is 0. The first-order valence-electron chi connectivity index (χ1n) is 6.17. The Morgan fingerprint density at radius 2 is 1.44 bits per heavy atom. The van der Waals surface area contributed by atoms with Gasteiger partial charge < -0.3 is 4.74 Å². The first-order chi connectivity index (χ1) is 6.96. The van der Waals surface area contributed by atoms with Gasteiger partial charge in [-0.25, -0.2) is 0 Å². The third-order valence-corrected chi connectivity index (χ3v) is 5.85. The van der Waals surface area contributed by atoms with Gasteiger partial charge in [-0.15, -0.1) is 0 Å². The summed E-state index contributed by atoms with van der Waals surface area (Å²) in [7, 11) is 0. The Bertz CT molecular complexity index is 317. The molecule has 0 aromatic carbocycles. The Balaban J connectivity index is 3.40. The monoisotopic (exact) mass is 226 g/mol. The van der Waals surface area contributed by atoms with Crippen molar-refractivity contribution in [2.45, 2.75) is 73.0 Å². The molecule has 2 atom stereocenters. The van der Waals surface area contributed by atoms with Crippen LogP contribution in [-0.2, 0) is 9.53 Å². The lowest BCUT2D eigenvalue weighted by atomic mass is 9.55. The summed E-state index contributed by atoms with van der Waals surface area (Å²) in [6.07, 6.45) is 0.923. The van der Waals surface area contributed by atoms with Crippen LogP contribution in [0.5, 0.6) is 0 Å². The van der Waals surface area contributed by atoms with E-state index in [0.717, 1.165) is 6.42 Å². The summed E-state index contributed by atoms with van der Waals surface area (Å²) in [5.74, 6) is 0.128. The Morgan fingerprint density at radius 1 is 1.00 bits per heavy atom. The first-order valence-corrected chi connectivity index (χ1v) is 6.17. The highest BCUT2D eigenvalue weighted by Gasteiger charge is 2.68. The van der Waals surface area contributed by atoms with Gasteiger partial charge in [0.2, 0.25) is 0 Å². The van der Waals surface area contributed by atoms with Crippen molar-refractivity contribution in [3.63, 3.8) is 0 Å². The summed E-state index contributed by atoms with van der Waals surface area (Å²) in [5.41, 5.74) is -1.12. The van der Waals surface area contributed by atoms with Crippen molar-refractivity contribution >= 4 is 5.78 Å². The zero-order valence-electron chi connectivity index (χ0n) is 12.0. The second-order valence-corrected chi connectivity index (χ2v) is 6.53. The van der Waals surface area contributed by atoms with Gasteiger partial charge in [-0.05, 0) is 27.2 Å². The SMILES string of the molecule is CCC1(C)OC(C)(C(C)=O)C(C)(C)C1(C)C. The standard InChI is InChI=1S/C14H26O2/c1-9-13(7)11(3,4)12(5,6)14(8,16-13)10(2)15/h9H2,1-8H3. The third kappa shape index (κ3) is 1.25. The average molecular weight is 226 g/mol. The fourth-order valence-electron chi connectivity index (χ4n) is 2.99. The fraction of sp³-hybridized carbons (Fsp3) is 0.929. The van der Waals surface area contributed by atoms with Crippen LogP contribution >= 0.6 is 0 Å². The van der Waals surface area contributed by atoms with Crippen molar-refractivity contribution in [1.82, 2.24) is 0 Å². The molecule has 1 saturated heterocycles. The minimum absolute atomic E-state index is 0.0326. The minimum Gasteiger partial charge on any atom is -0.360 e. The molecule has 0 saturated carbocycles. The quantitative estimate of drug-likeness (QED) is 0.719. The number of carbonyl (C=O) groups excluding carboxylic acids is 1. The number of carbonyl (C=O) groups is 1. The van der Waals surface area contributed by atoms with Gasteiger partial charge in [0.05, 0.1) is 5.60 Å². The molecule has 1 heterocycles. The van der Waals surface area contributed by atoms with E-state index in [1.165, 1.54) is 0 Å². The van der Waals surface area contributed by atoms with E-state index in [2.05, 4.69) is 41.5 Å². The van der Waals surface area contributed by atoms with E-state index in [4.69, 9.17) is 4.74 Å². The van der Waals surface area contributed by atoms with Crippen molar-refractivity contribution in [2.75, 3.05) is 0 Å². The Labute approximate surface area is 99.8 Å². The zero-order chi connectivity index (χ0) is 13.0. The molecule has 1 fully saturated rings. The smallest absolute Gasteiger partial charge is 0.161 e. The van der Waals surface area contributed by atoms with Crippen LogP contribution in [0.4, 0.5) is 0 Å². The molecule has 0 aliphatic carbocycles. The van der Waals surface area contributed by atoms with E-state index >= 15 is 0 Å². The van der Waals surface area contributed by atoms with Gasteiger partial charge in [0.25, 0.3) is 0 Å². The summed E-state index contributed by atoms with van der Waals surface area (Å²) >= 11 is 0. The Morgan fingerprint density at radius 3 is 1.62 bits per heavy atom. The van der Waals surface area contributed by atoms with Crippen LogP contribution in [0.25, 0.3) is 0 Å². The number of hydrogen-bond acceptors (Lipinski definition) is 2. The summed E-state index contributed by atoms with van der Waals surface area (Å²) < 4.78 is 6.23. The maximum absolute atomic E-state index is 11.9. The van der Waals surface area contributed by atoms with Gasteiger partial charge in [-0.1, -0.05) is 34.6 Å². The second-order valence-electron chi connectivity index (χ2n) is 6.53. The van der Waals surface area contributed by atoms with Crippen molar-refractivity contribution in [1.29, 1.82) is 0 Å². The predicted molar refractivity (Wildman–Crippen MR) is 66.4 cm³/mol.